The van der Waals surface area contributed by atoms with Crippen LogP contribution in [-0.2, 0) is 36.0 Å². The molecule has 2 aliphatic heterocycles. The first-order valence-electron chi connectivity index (χ1n) is 10.2. The molecule has 0 bridgehead atoms. The highest BCUT2D eigenvalue weighted by molar-refractivity contribution is 5.94. The summed E-state index contributed by atoms with van der Waals surface area (Å²) in [5, 5.41) is 11.4. The summed E-state index contributed by atoms with van der Waals surface area (Å²) >= 11 is 0. The van der Waals surface area contributed by atoms with Gasteiger partial charge in [0, 0.05) is 57.7 Å². The molecule has 2 aliphatic rings. The smallest absolute Gasteiger partial charge is 0.274 e. The van der Waals surface area contributed by atoms with E-state index in [1.54, 1.807) is 22.8 Å². The zero-order chi connectivity index (χ0) is 20.4. The molecule has 0 radical (unpaired) electrons. The maximum absolute atomic E-state index is 12.8. The van der Waals surface area contributed by atoms with Gasteiger partial charge in [0.15, 0.2) is 5.69 Å². The van der Waals surface area contributed by atoms with Gasteiger partial charge in [0.05, 0.1) is 18.3 Å². The number of rotatable bonds is 6. The number of fused-ring (bicyclic) bond motifs is 1. The van der Waals surface area contributed by atoms with E-state index >= 15 is 0 Å². The molecule has 9 heteroatoms. The summed E-state index contributed by atoms with van der Waals surface area (Å²) in [5.41, 5.74) is 3.31. The minimum Gasteiger partial charge on any atom is -0.376 e. The van der Waals surface area contributed by atoms with Gasteiger partial charge in [-0.05, 0) is 31.7 Å². The molecular formula is C20H28N6O3. The van der Waals surface area contributed by atoms with Crippen LogP contribution in [-0.4, -0.2) is 74.4 Å². The summed E-state index contributed by atoms with van der Waals surface area (Å²) in [4.78, 5) is 29.0. The number of carbonyl (C=O) groups is 2. The van der Waals surface area contributed by atoms with Crippen molar-refractivity contribution in [1.82, 2.24) is 29.8 Å². The van der Waals surface area contributed by atoms with Crippen molar-refractivity contribution in [3.05, 3.63) is 34.9 Å². The standard InChI is InChI=1S/C20H28N6O3/c1-24(12-15-4-3-11-29-15)20(28)19-16-8-10-26(13-17(16)22-23-19)18(27)6-5-14-7-9-21-25(14)2/h7,9,15H,3-6,8,10-13H2,1-2H3,(H,22,23). The second kappa shape index (κ2) is 8.36. The van der Waals surface area contributed by atoms with Crippen molar-refractivity contribution < 1.29 is 14.3 Å². The lowest BCUT2D eigenvalue weighted by Crippen LogP contribution is -2.37. The van der Waals surface area contributed by atoms with Gasteiger partial charge in [-0.3, -0.25) is 19.4 Å². The highest BCUT2D eigenvalue weighted by Crippen LogP contribution is 2.22. The molecule has 2 amide bonds. The topological polar surface area (TPSA) is 96.3 Å². The maximum atomic E-state index is 12.8. The number of aromatic amines is 1. The number of hydrogen-bond donors (Lipinski definition) is 1. The van der Waals surface area contributed by atoms with Crippen molar-refractivity contribution in [2.75, 3.05) is 26.7 Å². The molecule has 1 saturated heterocycles. The van der Waals surface area contributed by atoms with E-state index < -0.39 is 0 Å². The van der Waals surface area contributed by atoms with Crippen molar-refractivity contribution in [2.24, 2.45) is 7.05 Å². The van der Waals surface area contributed by atoms with Crippen LogP contribution >= 0.6 is 0 Å². The van der Waals surface area contributed by atoms with Crippen molar-refractivity contribution in [3.8, 4) is 0 Å². The van der Waals surface area contributed by atoms with Crippen molar-refractivity contribution in [1.29, 1.82) is 0 Å². The molecule has 0 aliphatic carbocycles. The average molecular weight is 400 g/mol. The summed E-state index contributed by atoms with van der Waals surface area (Å²) < 4.78 is 7.42. The number of hydrogen-bond acceptors (Lipinski definition) is 5. The largest absolute Gasteiger partial charge is 0.376 e. The maximum Gasteiger partial charge on any atom is 0.274 e. The molecule has 9 nitrogen and oxygen atoms in total. The number of likely N-dealkylation sites (N-methyl/N-ethyl adjacent to an activating group) is 1. The number of carbonyl (C=O) groups excluding carboxylic acids is 2. The second-order valence-corrected chi connectivity index (χ2v) is 7.86. The van der Waals surface area contributed by atoms with E-state index in [1.165, 1.54) is 0 Å². The van der Waals surface area contributed by atoms with Crippen molar-refractivity contribution in [3.63, 3.8) is 0 Å². The lowest BCUT2D eigenvalue weighted by Gasteiger charge is -2.27. The first-order chi connectivity index (χ1) is 14.0. The molecule has 29 heavy (non-hydrogen) atoms. The van der Waals surface area contributed by atoms with E-state index in [9.17, 15) is 9.59 Å². The van der Waals surface area contributed by atoms with E-state index in [2.05, 4.69) is 15.3 Å². The molecule has 2 aromatic heterocycles. The molecule has 0 spiro atoms. The Morgan fingerprint density at radius 1 is 1.41 bits per heavy atom. The van der Waals surface area contributed by atoms with Crippen LogP contribution in [0.25, 0.3) is 0 Å². The number of H-pyrrole nitrogens is 1. The van der Waals surface area contributed by atoms with Crippen LogP contribution in [0.2, 0.25) is 0 Å². The predicted molar refractivity (Wildman–Crippen MR) is 105 cm³/mol. The molecule has 0 saturated carbocycles. The first-order valence-corrected chi connectivity index (χ1v) is 10.2. The van der Waals surface area contributed by atoms with E-state index in [4.69, 9.17) is 4.74 Å². The highest BCUT2D eigenvalue weighted by atomic mass is 16.5. The summed E-state index contributed by atoms with van der Waals surface area (Å²) in [6.07, 6.45) is 5.65. The van der Waals surface area contributed by atoms with Gasteiger partial charge in [0.25, 0.3) is 5.91 Å². The number of amides is 2. The monoisotopic (exact) mass is 400 g/mol. The third-order valence-electron chi connectivity index (χ3n) is 5.85. The van der Waals surface area contributed by atoms with Gasteiger partial charge in [0.2, 0.25) is 5.91 Å². The minimum atomic E-state index is -0.0889. The van der Waals surface area contributed by atoms with Gasteiger partial charge in [0.1, 0.15) is 0 Å². The molecular weight excluding hydrogens is 372 g/mol. The summed E-state index contributed by atoms with van der Waals surface area (Å²) in [6, 6.07) is 1.93. The molecule has 2 aromatic rings. The lowest BCUT2D eigenvalue weighted by atomic mass is 10.0. The summed E-state index contributed by atoms with van der Waals surface area (Å²) in [6.45, 7) is 2.43. The third kappa shape index (κ3) is 4.19. The third-order valence-corrected chi connectivity index (χ3v) is 5.85. The molecule has 4 rings (SSSR count). The zero-order valence-electron chi connectivity index (χ0n) is 17.1. The van der Waals surface area contributed by atoms with Gasteiger partial charge >= 0.3 is 0 Å². The number of aryl methyl sites for hydroxylation is 2. The normalized spacial score (nSPS) is 18.7. The molecule has 1 N–H and O–H groups in total. The Bertz CT molecular complexity index is 883. The van der Waals surface area contributed by atoms with E-state index in [-0.39, 0.29) is 17.9 Å². The van der Waals surface area contributed by atoms with Crippen LogP contribution in [0.4, 0.5) is 0 Å². The van der Waals surface area contributed by atoms with Crippen LogP contribution in [0.15, 0.2) is 12.3 Å². The number of nitrogens with one attached hydrogen (secondary N) is 1. The van der Waals surface area contributed by atoms with E-state index in [1.807, 2.05) is 18.0 Å². The molecule has 4 heterocycles. The Hall–Kier alpha value is -2.68. The van der Waals surface area contributed by atoms with Crippen LogP contribution in [0, 0.1) is 0 Å². The predicted octanol–water partition coefficient (Wildman–Crippen LogP) is 0.912. The van der Waals surface area contributed by atoms with Gasteiger partial charge in [-0.15, -0.1) is 0 Å². The van der Waals surface area contributed by atoms with Crippen molar-refractivity contribution in [2.45, 2.75) is 44.8 Å². The van der Waals surface area contributed by atoms with Gasteiger partial charge < -0.3 is 14.5 Å². The molecule has 156 valence electrons. The van der Waals surface area contributed by atoms with Crippen LogP contribution in [0.5, 0.6) is 0 Å². The quantitative estimate of drug-likeness (QED) is 0.778. The van der Waals surface area contributed by atoms with Gasteiger partial charge in [-0.25, -0.2) is 0 Å². The Labute approximate surface area is 170 Å². The fraction of sp³-hybridized carbons (Fsp3) is 0.600. The van der Waals surface area contributed by atoms with Crippen LogP contribution in [0.1, 0.15) is 46.7 Å². The fourth-order valence-corrected chi connectivity index (χ4v) is 4.10. The Kier molecular flexibility index (Phi) is 5.66. The Balaban J connectivity index is 1.35. The highest BCUT2D eigenvalue weighted by Gasteiger charge is 2.29. The molecule has 0 aromatic carbocycles. The van der Waals surface area contributed by atoms with E-state index in [0.29, 0.717) is 44.6 Å². The zero-order valence-corrected chi connectivity index (χ0v) is 17.1. The lowest BCUT2D eigenvalue weighted by molar-refractivity contribution is -0.132. The van der Waals surface area contributed by atoms with Crippen molar-refractivity contribution >= 4 is 11.8 Å². The first kappa shape index (κ1) is 19.6. The molecule has 1 unspecified atom stereocenters. The minimum absolute atomic E-state index is 0.0889. The van der Waals surface area contributed by atoms with Crippen LogP contribution < -0.4 is 0 Å². The Morgan fingerprint density at radius 2 is 2.28 bits per heavy atom. The molecule has 1 atom stereocenters. The molecule has 1 fully saturated rings. The van der Waals surface area contributed by atoms with E-state index in [0.717, 1.165) is 36.4 Å². The van der Waals surface area contributed by atoms with Gasteiger partial charge in [-0.2, -0.15) is 10.2 Å². The summed E-state index contributed by atoms with van der Waals surface area (Å²) in [5.74, 6) is 0.0174. The second-order valence-electron chi connectivity index (χ2n) is 7.86. The number of aromatic nitrogens is 4. The van der Waals surface area contributed by atoms with Crippen LogP contribution in [0.3, 0.4) is 0 Å². The number of nitrogens with zero attached hydrogens (tertiary/aromatic N) is 5. The summed E-state index contributed by atoms with van der Waals surface area (Å²) in [7, 11) is 3.67. The number of ether oxygens (including phenoxy) is 1. The fourth-order valence-electron chi connectivity index (χ4n) is 4.10. The Morgan fingerprint density at radius 3 is 3.00 bits per heavy atom. The van der Waals surface area contributed by atoms with Gasteiger partial charge in [-0.1, -0.05) is 0 Å². The SMILES string of the molecule is CN(CC1CCCO1)C(=O)c1n[nH]c2c1CCN(C(=O)CCc1ccnn1C)C2. The average Bonchev–Trinajstić information content (AvgIpc) is 3.46.